The smallest absolute Gasteiger partial charge is 0.293 e. The second-order valence-corrected chi connectivity index (χ2v) is 7.46. The number of aryl methyl sites for hydroxylation is 1. The normalized spacial score (nSPS) is 10.6. The van der Waals surface area contributed by atoms with E-state index in [1.807, 2.05) is 42.5 Å². The van der Waals surface area contributed by atoms with Crippen molar-refractivity contribution in [3.8, 4) is 0 Å². The Labute approximate surface area is 177 Å². The lowest BCUT2D eigenvalue weighted by Crippen LogP contribution is -2.34. The Bertz CT molecular complexity index is 1040. The number of nitrogens with one attached hydrogen (secondary N) is 2. The summed E-state index contributed by atoms with van der Waals surface area (Å²) in [5.74, 6) is -0.00729. The van der Waals surface area contributed by atoms with Crippen molar-refractivity contribution in [3.05, 3.63) is 86.6 Å². The van der Waals surface area contributed by atoms with E-state index in [1.165, 1.54) is 4.57 Å². The van der Waals surface area contributed by atoms with E-state index < -0.39 is 0 Å². The summed E-state index contributed by atoms with van der Waals surface area (Å²) in [5.41, 5.74) is 2.22. The lowest BCUT2D eigenvalue weighted by atomic mass is 10.2. The van der Waals surface area contributed by atoms with Crippen LogP contribution >= 0.6 is 15.9 Å². The highest BCUT2D eigenvalue weighted by Crippen LogP contribution is 2.11. The number of hydrogen-bond donors (Lipinski definition) is 2. The third kappa shape index (κ3) is 5.99. The fraction of sp³-hybridized carbons (Fsp3) is 0.238. The maximum atomic E-state index is 12.7. The van der Waals surface area contributed by atoms with Gasteiger partial charge in [-0.1, -0.05) is 34.1 Å². The van der Waals surface area contributed by atoms with Crippen LogP contribution in [0.25, 0.3) is 0 Å². The van der Waals surface area contributed by atoms with Crippen LogP contribution in [-0.4, -0.2) is 27.0 Å². The van der Waals surface area contributed by atoms with Crippen LogP contribution in [0, 0.1) is 6.92 Å². The molecular formula is C21H22BrN5O2. The lowest BCUT2D eigenvalue weighted by Gasteiger charge is -2.12. The van der Waals surface area contributed by atoms with Crippen LogP contribution in [0.1, 0.15) is 17.0 Å². The van der Waals surface area contributed by atoms with Gasteiger partial charge in [0, 0.05) is 47.8 Å². The molecule has 0 fully saturated rings. The molecule has 0 aliphatic heterocycles. The highest BCUT2D eigenvalue weighted by atomic mass is 79.9. The van der Waals surface area contributed by atoms with Gasteiger partial charge in [-0.05, 0) is 36.8 Å². The summed E-state index contributed by atoms with van der Waals surface area (Å²) in [6, 6.07) is 13.4. The second-order valence-electron chi connectivity index (χ2n) is 6.54. The van der Waals surface area contributed by atoms with Gasteiger partial charge < -0.3 is 10.6 Å². The van der Waals surface area contributed by atoms with Gasteiger partial charge >= 0.3 is 0 Å². The van der Waals surface area contributed by atoms with Gasteiger partial charge in [0.05, 0.1) is 0 Å². The minimum atomic E-state index is -0.316. The molecule has 7 nitrogen and oxygen atoms in total. The summed E-state index contributed by atoms with van der Waals surface area (Å²) in [6.45, 7) is 2.62. The van der Waals surface area contributed by atoms with Gasteiger partial charge in [-0.25, -0.2) is 4.98 Å². The number of halogens is 1. The van der Waals surface area contributed by atoms with E-state index in [0.717, 1.165) is 15.7 Å². The van der Waals surface area contributed by atoms with Crippen molar-refractivity contribution in [1.29, 1.82) is 0 Å². The SMILES string of the molecule is Cc1cnc(NCCc2ccccn2)c(=O)n1CC(=O)NCc1cccc(Br)c1. The number of carbonyl (C=O) groups is 1. The monoisotopic (exact) mass is 455 g/mol. The van der Waals surface area contributed by atoms with Gasteiger partial charge in [-0.2, -0.15) is 0 Å². The van der Waals surface area contributed by atoms with Crippen LogP contribution in [-0.2, 0) is 24.3 Å². The number of pyridine rings is 1. The number of rotatable bonds is 8. The number of nitrogens with zero attached hydrogens (tertiary/aromatic N) is 3. The van der Waals surface area contributed by atoms with Crippen LogP contribution in [0.3, 0.4) is 0 Å². The zero-order chi connectivity index (χ0) is 20.6. The zero-order valence-corrected chi connectivity index (χ0v) is 17.6. The molecule has 2 N–H and O–H groups in total. The molecule has 3 rings (SSSR count). The molecule has 0 atom stereocenters. The number of amides is 1. The first-order valence-corrected chi connectivity index (χ1v) is 10.0. The van der Waals surface area contributed by atoms with E-state index in [1.54, 1.807) is 19.3 Å². The number of anilines is 1. The van der Waals surface area contributed by atoms with Crippen molar-refractivity contribution in [2.24, 2.45) is 0 Å². The summed E-state index contributed by atoms with van der Waals surface area (Å²) < 4.78 is 2.37. The third-order valence-corrected chi connectivity index (χ3v) is 4.83. The third-order valence-electron chi connectivity index (χ3n) is 4.33. The molecule has 0 aliphatic rings. The van der Waals surface area contributed by atoms with E-state index in [9.17, 15) is 9.59 Å². The first kappa shape index (κ1) is 20.7. The minimum absolute atomic E-state index is 0.0594. The van der Waals surface area contributed by atoms with E-state index in [4.69, 9.17) is 0 Å². The quantitative estimate of drug-likeness (QED) is 0.544. The molecule has 8 heteroatoms. The Morgan fingerprint density at radius 1 is 1.17 bits per heavy atom. The number of hydrogen-bond acceptors (Lipinski definition) is 5. The maximum absolute atomic E-state index is 12.7. The van der Waals surface area contributed by atoms with Crippen LogP contribution in [0.5, 0.6) is 0 Å². The van der Waals surface area contributed by atoms with E-state index in [2.05, 4.69) is 36.5 Å². The summed E-state index contributed by atoms with van der Waals surface area (Å²) in [5, 5.41) is 5.89. The van der Waals surface area contributed by atoms with Gasteiger partial charge in [0.1, 0.15) is 6.54 Å². The van der Waals surface area contributed by atoms with Crippen LogP contribution in [0.15, 0.2) is 64.1 Å². The minimum Gasteiger partial charge on any atom is -0.365 e. The largest absolute Gasteiger partial charge is 0.365 e. The summed E-state index contributed by atoms with van der Waals surface area (Å²) in [4.78, 5) is 33.5. The van der Waals surface area contributed by atoms with Crippen molar-refractivity contribution < 1.29 is 4.79 Å². The van der Waals surface area contributed by atoms with E-state index in [0.29, 0.717) is 25.2 Å². The average molecular weight is 456 g/mol. The molecule has 0 unspecified atom stereocenters. The molecule has 0 saturated carbocycles. The standard InChI is InChI=1S/C21H22BrN5O2/c1-15-12-26-20(24-10-8-18-7-2-3-9-23-18)21(29)27(15)14-19(28)25-13-16-5-4-6-17(22)11-16/h2-7,9,11-12H,8,10,13-14H2,1H3,(H,24,26)(H,25,28). The molecule has 0 spiro atoms. The zero-order valence-electron chi connectivity index (χ0n) is 16.1. The Kier molecular flexibility index (Phi) is 7.13. The molecule has 0 aliphatic carbocycles. The van der Waals surface area contributed by atoms with Gasteiger partial charge in [0.15, 0.2) is 5.82 Å². The molecule has 0 radical (unpaired) electrons. The van der Waals surface area contributed by atoms with E-state index in [-0.39, 0.29) is 23.8 Å². The molecule has 2 aromatic heterocycles. The molecule has 1 aromatic carbocycles. The fourth-order valence-electron chi connectivity index (χ4n) is 2.79. The topological polar surface area (TPSA) is 88.9 Å². The average Bonchev–Trinajstić information content (AvgIpc) is 2.72. The van der Waals surface area contributed by atoms with Gasteiger partial charge in [0.25, 0.3) is 5.56 Å². The van der Waals surface area contributed by atoms with Crippen LogP contribution < -0.4 is 16.2 Å². The van der Waals surface area contributed by atoms with E-state index >= 15 is 0 Å². The highest BCUT2D eigenvalue weighted by molar-refractivity contribution is 9.10. The molecule has 150 valence electrons. The second kappa shape index (κ2) is 9.97. The Balaban J connectivity index is 1.60. The molecule has 29 heavy (non-hydrogen) atoms. The molecule has 3 aromatic rings. The number of aromatic nitrogens is 3. The van der Waals surface area contributed by atoms with Gasteiger partial charge in [-0.15, -0.1) is 0 Å². The number of benzene rings is 1. The van der Waals surface area contributed by atoms with Crippen molar-refractivity contribution in [3.63, 3.8) is 0 Å². The molecule has 1 amide bonds. The molecule has 0 bridgehead atoms. The molecule has 2 heterocycles. The summed E-state index contributed by atoms with van der Waals surface area (Å²) >= 11 is 3.41. The first-order valence-electron chi connectivity index (χ1n) is 9.24. The van der Waals surface area contributed by atoms with Crippen LogP contribution in [0.4, 0.5) is 5.82 Å². The van der Waals surface area contributed by atoms with Crippen molar-refractivity contribution in [2.45, 2.75) is 26.4 Å². The number of carbonyl (C=O) groups excluding carboxylic acids is 1. The summed E-state index contributed by atoms with van der Waals surface area (Å²) in [6.07, 6.45) is 3.99. The fourth-order valence-corrected chi connectivity index (χ4v) is 3.24. The van der Waals surface area contributed by atoms with Gasteiger partial charge in [0.2, 0.25) is 5.91 Å². The highest BCUT2D eigenvalue weighted by Gasteiger charge is 2.11. The lowest BCUT2D eigenvalue weighted by molar-refractivity contribution is -0.121. The Hall–Kier alpha value is -3.00. The Morgan fingerprint density at radius 3 is 2.79 bits per heavy atom. The predicted octanol–water partition coefficient (Wildman–Crippen LogP) is 2.68. The molecular weight excluding hydrogens is 434 g/mol. The van der Waals surface area contributed by atoms with Crippen LogP contribution in [0.2, 0.25) is 0 Å². The maximum Gasteiger partial charge on any atom is 0.293 e. The van der Waals surface area contributed by atoms with Gasteiger partial charge in [-0.3, -0.25) is 19.1 Å². The Morgan fingerprint density at radius 2 is 2.03 bits per heavy atom. The predicted molar refractivity (Wildman–Crippen MR) is 116 cm³/mol. The first-order chi connectivity index (χ1) is 14.0. The van der Waals surface area contributed by atoms with Crippen molar-refractivity contribution >= 4 is 27.7 Å². The summed E-state index contributed by atoms with van der Waals surface area (Å²) in [7, 11) is 0. The molecule has 0 saturated heterocycles. The van der Waals surface area contributed by atoms with Crippen molar-refractivity contribution in [2.75, 3.05) is 11.9 Å². The van der Waals surface area contributed by atoms with Crippen molar-refractivity contribution in [1.82, 2.24) is 19.9 Å².